The molecule has 7 nitrogen and oxygen atoms in total. The normalized spacial score (nSPS) is 16.3. The molecule has 2 amide bonds. The molecule has 0 aliphatic carbocycles. The Labute approximate surface area is 215 Å². The highest BCUT2D eigenvalue weighted by atomic mass is 32.2. The molecule has 0 radical (unpaired) electrons. The van der Waals surface area contributed by atoms with Crippen molar-refractivity contribution in [3.8, 4) is 11.5 Å². The van der Waals surface area contributed by atoms with Crippen LogP contribution in [0.1, 0.15) is 25.8 Å². The molecule has 0 aromatic heterocycles. The van der Waals surface area contributed by atoms with Gasteiger partial charge in [-0.1, -0.05) is 29.5 Å². The van der Waals surface area contributed by atoms with Crippen LogP contribution in [-0.4, -0.2) is 35.4 Å². The Bertz CT molecular complexity index is 1230. The van der Waals surface area contributed by atoms with Crippen molar-refractivity contribution in [2.24, 2.45) is 4.99 Å². The molecule has 1 fully saturated rings. The number of aliphatic imine (C=N–C) groups is 1. The predicted octanol–water partition coefficient (Wildman–Crippen LogP) is 5.96. The van der Waals surface area contributed by atoms with Crippen LogP contribution < -0.4 is 19.7 Å². The van der Waals surface area contributed by atoms with E-state index in [2.05, 4.69) is 5.32 Å². The molecular weight excluding hydrogens is 474 g/mol. The van der Waals surface area contributed by atoms with E-state index in [0.29, 0.717) is 35.4 Å². The molecule has 0 bridgehead atoms. The van der Waals surface area contributed by atoms with Crippen molar-refractivity contribution in [2.45, 2.75) is 32.4 Å². The van der Waals surface area contributed by atoms with E-state index in [0.717, 1.165) is 17.1 Å². The van der Waals surface area contributed by atoms with E-state index >= 15 is 0 Å². The first-order valence-electron chi connectivity index (χ1n) is 11.9. The number of anilines is 2. The number of carbonyl (C=O) groups excluding carboxylic acids is 2. The van der Waals surface area contributed by atoms with Gasteiger partial charge in [0.2, 0.25) is 11.8 Å². The number of amidine groups is 1. The average molecular weight is 504 g/mol. The van der Waals surface area contributed by atoms with Crippen molar-refractivity contribution < 1.29 is 19.1 Å². The molecule has 0 spiro atoms. The largest absolute Gasteiger partial charge is 0.494 e. The maximum Gasteiger partial charge on any atom is 0.247 e. The Morgan fingerprint density at radius 1 is 0.917 bits per heavy atom. The van der Waals surface area contributed by atoms with Gasteiger partial charge >= 0.3 is 0 Å². The second-order valence-corrected chi connectivity index (χ2v) is 9.32. The summed E-state index contributed by atoms with van der Waals surface area (Å²) in [5, 5.41) is 2.80. The fraction of sp³-hybridized carbons (Fsp3) is 0.250. The lowest BCUT2D eigenvalue weighted by atomic mass is 10.2. The minimum absolute atomic E-state index is 0.0349. The van der Waals surface area contributed by atoms with Crippen LogP contribution in [0.2, 0.25) is 0 Å². The number of thioether (sulfide) groups is 1. The van der Waals surface area contributed by atoms with E-state index in [1.54, 1.807) is 4.90 Å². The van der Waals surface area contributed by atoms with Gasteiger partial charge in [-0.15, -0.1) is 0 Å². The minimum Gasteiger partial charge on any atom is -0.494 e. The number of benzene rings is 3. The molecule has 1 N–H and O–H groups in total. The summed E-state index contributed by atoms with van der Waals surface area (Å²) in [4.78, 5) is 32.6. The molecule has 36 heavy (non-hydrogen) atoms. The quantitative estimate of drug-likeness (QED) is 0.390. The maximum atomic E-state index is 13.5. The van der Waals surface area contributed by atoms with Crippen LogP contribution >= 0.6 is 11.8 Å². The molecule has 186 valence electrons. The Morgan fingerprint density at radius 2 is 1.50 bits per heavy atom. The molecule has 1 aliphatic rings. The third-order valence-corrected chi connectivity index (χ3v) is 6.56. The summed E-state index contributed by atoms with van der Waals surface area (Å²) < 4.78 is 11.0. The second kappa shape index (κ2) is 11.8. The summed E-state index contributed by atoms with van der Waals surface area (Å²) in [7, 11) is 0. The molecule has 1 atom stereocenters. The SMILES string of the molecule is CCOc1ccc(N=C2SC(CC(=O)Nc3ccc(C)cc3)C(=O)N2c2ccc(OCC)cc2)cc1. The van der Waals surface area contributed by atoms with Crippen molar-refractivity contribution >= 4 is 45.8 Å². The Balaban J connectivity index is 1.57. The third-order valence-electron chi connectivity index (χ3n) is 5.42. The van der Waals surface area contributed by atoms with Crippen molar-refractivity contribution in [3.05, 3.63) is 78.4 Å². The lowest BCUT2D eigenvalue weighted by molar-refractivity contribution is -0.121. The van der Waals surface area contributed by atoms with Crippen molar-refractivity contribution in [1.29, 1.82) is 0 Å². The summed E-state index contributed by atoms with van der Waals surface area (Å²) in [6.07, 6.45) is 0.0349. The van der Waals surface area contributed by atoms with Crippen molar-refractivity contribution in [2.75, 3.05) is 23.4 Å². The highest BCUT2D eigenvalue weighted by molar-refractivity contribution is 8.16. The number of ether oxygens (including phenoxy) is 2. The number of amides is 2. The minimum atomic E-state index is -0.594. The molecule has 8 heteroatoms. The van der Waals surface area contributed by atoms with Gasteiger partial charge in [0.25, 0.3) is 0 Å². The number of hydrogen-bond acceptors (Lipinski definition) is 6. The number of aryl methyl sites for hydroxylation is 1. The lowest BCUT2D eigenvalue weighted by Crippen LogP contribution is -2.33. The van der Waals surface area contributed by atoms with E-state index in [4.69, 9.17) is 14.5 Å². The third kappa shape index (κ3) is 6.26. The van der Waals surface area contributed by atoms with Gasteiger partial charge in [-0.05, 0) is 81.4 Å². The van der Waals surface area contributed by atoms with E-state index < -0.39 is 5.25 Å². The smallest absolute Gasteiger partial charge is 0.247 e. The van der Waals surface area contributed by atoms with Crippen LogP contribution in [0.25, 0.3) is 0 Å². The van der Waals surface area contributed by atoms with Gasteiger partial charge in [0.15, 0.2) is 5.17 Å². The van der Waals surface area contributed by atoms with Crippen LogP contribution in [0.15, 0.2) is 77.8 Å². The Hall–Kier alpha value is -3.78. The zero-order valence-electron chi connectivity index (χ0n) is 20.6. The molecule has 3 aromatic rings. The van der Waals surface area contributed by atoms with Gasteiger partial charge in [-0.2, -0.15) is 0 Å². The standard InChI is InChI=1S/C28H29N3O4S/c1-4-34-23-14-10-21(11-15-23)30-28-31(22-12-16-24(17-13-22)35-5-2)27(33)25(36-28)18-26(32)29-20-8-6-19(3)7-9-20/h6-17,25H,4-5,18H2,1-3H3,(H,29,32). The monoisotopic (exact) mass is 503 g/mol. The van der Waals surface area contributed by atoms with E-state index in [-0.39, 0.29) is 18.2 Å². The van der Waals surface area contributed by atoms with Gasteiger partial charge in [-0.3, -0.25) is 14.5 Å². The van der Waals surface area contributed by atoms with Crippen LogP contribution in [0.5, 0.6) is 11.5 Å². The molecule has 1 aliphatic heterocycles. The zero-order valence-corrected chi connectivity index (χ0v) is 21.4. The number of carbonyl (C=O) groups is 2. The van der Waals surface area contributed by atoms with Gasteiger partial charge in [0.05, 0.1) is 24.6 Å². The summed E-state index contributed by atoms with van der Waals surface area (Å²) in [6.45, 7) is 6.97. The predicted molar refractivity (Wildman–Crippen MR) is 146 cm³/mol. The molecular formula is C28H29N3O4S. The zero-order chi connectivity index (χ0) is 25.5. The van der Waals surface area contributed by atoms with Crippen LogP contribution in [-0.2, 0) is 9.59 Å². The highest BCUT2D eigenvalue weighted by Crippen LogP contribution is 2.36. The van der Waals surface area contributed by atoms with Gasteiger partial charge in [0, 0.05) is 12.1 Å². The average Bonchev–Trinajstić information content (AvgIpc) is 3.17. The summed E-state index contributed by atoms with van der Waals surface area (Å²) in [5.41, 5.74) is 3.17. The van der Waals surface area contributed by atoms with Gasteiger partial charge in [0.1, 0.15) is 16.7 Å². The van der Waals surface area contributed by atoms with E-state index in [1.165, 1.54) is 11.8 Å². The van der Waals surface area contributed by atoms with E-state index in [9.17, 15) is 9.59 Å². The number of nitrogens with zero attached hydrogens (tertiary/aromatic N) is 2. The van der Waals surface area contributed by atoms with Crippen molar-refractivity contribution in [1.82, 2.24) is 0 Å². The first-order valence-corrected chi connectivity index (χ1v) is 12.8. The first-order chi connectivity index (χ1) is 17.5. The molecule has 3 aromatic carbocycles. The maximum absolute atomic E-state index is 13.5. The molecule has 1 unspecified atom stereocenters. The summed E-state index contributed by atoms with van der Waals surface area (Å²) >= 11 is 1.29. The summed E-state index contributed by atoms with van der Waals surface area (Å²) in [5.74, 6) is 1.07. The van der Waals surface area contributed by atoms with Crippen LogP contribution in [0.4, 0.5) is 17.1 Å². The van der Waals surface area contributed by atoms with Crippen LogP contribution in [0.3, 0.4) is 0 Å². The molecule has 0 saturated carbocycles. The topological polar surface area (TPSA) is 80.2 Å². The fourth-order valence-electron chi connectivity index (χ4n) is 3.68. The molecule has 1 saturated heterocycles. The fourth-order valence-corrected chi connectivity index (χ4v) is 4.84. The number of rotatable bonds is 9. The number of nitrogens with one attached hydrogen (secondary N) is 1. The van der Waals surface area contributed by atoms with E-state index in [1.807, 2.05) is 93.6 Å². The molecule has 1 heterocycles. The Kier molecular flexibility index (Phi) is 8.28. The molecule has 4 rings (SSSR count). The first kappa shape index (κ1) is 25.3. The van der Waals surface area contributed by atoms with Crippen LogP contribution in [0, 0.1) is 6.92 Å². The van der Waals surface area contributed by atoms with Crippen molar-refractivity contribution in [3.63, 3.8) is 0 Å². The second-order valence-electron chi connectivity index (χ2n) is 8.15. The Morgan fingerprint density at radius 3 is 2.08 bits per heavy atom. The van der Waals surface area contributed by atoms with Gasteiger partial charge < -0.3 is 14.8 Å². The number of hydrogen-bond donors (Lipinski definition) is 1. The van der Waals surface area contributed by atoms with Gasteiger partial charge in [-0.25, -0.2) is 4.99 Å². The highest BCUT2D eigenvalue weighted by Gasteiger charge is 2.40. The summed E-state index contributed by atoms with van der Waals surface area (Å²) in [6, 6.07) is 22.2. The lowest BCUT2D eigenvalue weighted by Gasteiger charge is -2.17.